The zero-order chi connectivity index (χ0) is 9.35. The standard InChI is InChI=1S/C9H16N2O/c1-5-11-8(12)6-7(10-11)9(2,3)4/h6,10H,5H2,1-4H3. The maximum Gasteiger partial charge on any atom is 0.266 e. The smallest absolute Gasteiger partial charge is 0.266 e. The average molecular weight is 168 g/mol. The summed E-state index contributed by atoms with van der Waals surface area (Å²) in [5.41, 5.74) is 1.08. The number of rotatable bonds is 1. The number of nitrogens with one attached hydrogen (secondary N) is 1. The van der Waals surface area contributed by atoms with E-state index in [9.17, 15) is 4.79 Å². The van der Waals surface area contributed by atoms with Gasteiger partial charge in [0.25, 0.3) is 5.56 Å². The van der Waals surface area contributed by atoms with Crippen LogP contribution in [-0.4, -0.2) is 9.78 Å². The van der Waals surface area contributed by atoms with Crippen LogP contribution in [-0.2, 0) is 12.0 Å². The zero-order valence-electron chi connectivity index (χ0n) is 8.14. The molecule has 1 N–H and O–H groups in total. The highest BCUT2D eigenvalue weighted by atomic mass is 16.1. The summed E-state index contributed by atoms with van der Waals surface area (Å²) < 4.78 is 1.61. The molecule has 0 aromatic carbocycles. The second-order valence-corrected chi connectivity index (χ2v) is 4.00. The number of nitrogens with zero attached hydrogens (tertiary/aromatic N) is 1. The third kappa shape index (κ3) is 1.60. The lowest BCUT2D eigenvalue weighted by Gasteiger charge is -2.15. The largest absolute Gasteiger partial charge is 0.299 e. The van der Waals surface area contributed by atoms with Gasteiger partial charge in [-0.2, -0.15) is 0 Å². The molecule has 0 radical (unpaired) electrons. The second-order valence-electron chi connectivity index (χ2n) is 4.00. The topological polar surface area (TPSA) is 37.8 Å². The lowest BCUT2D eigenvalue weighted by molar-refractivity contribution is 0.538. The van der Waals surface area contributed by atoms with Crippen LogP contribution in [0.2, 0.25) is 0 Å². The number of H-pyrrole nitrogens is 1. The minimum absolute atomic E-state index is 0.0274. The van der Waals surface area contributed by atoms with E-state index in [4.69, 9.17) is 0 Å². The molecule has 1 aromatic heterocycles. The molecule has 0 atom stereocenters. The second kappa shape index (κ2) is 2.81. The van der Waals surface area contributed by atoms with E-state index in [1.165, 1.54) is 0 Å². The van der Waals surface area contributed by atoms with Crippen molar-refractivity contribution in [3.05, 3.63) is 22.1 Å². The highest BCUT2D eigenvalue weighted by molar-refractivity contribution is 5.10. The van der Waals surface area contributed by atoms with Gasteiger partial charge in [0.05, 0.1) is 0 Å². The van der Waals surface area contributed by atoms with Crippen molar-refractivity contribution in [3.8, 4) is 0 Å². The van der Waals surface area contributed by atoms with Crippen LogP contribution in [0.3, 0.4) is 0 Å². The molecule has 0 saturated heterocycles. The van der Waals surface area contributed by atoms with Gasteiger partial charge in [-0.25, -0.2) is 0 Å². The Morgan fingerprint density at radius 2 is 2.08 bits per heavy atom. The van der Waals surface area contributed by atoms with E-state index in [0.717, 1.165) is 5.69 Å². The first-order valence-electron chi connectivity index (χ1n) is 4.25. The number of aromatic nitrogens is 2. The lowest BCUT2D eigenvalue weighted by Crippen LogP contribution is -2.14. The van der Waals surface area contributed by atoms with Gasteiger partial charge in [-0.15, -0.1) is 0 Å². The predicted octanol–water partition coefficient (Wildman–Crippen LogP) is 1.49. The van der Waals surface area contributed by atoms with Crippen molar-refractivity contribution in [1.82, 2.24) is 9.78 Å². The van der Waals surface area contributed by atoms with E-state index in [2.05, 4.69) is 25.9 Å². The minimum Gasteiger partial charge on any atom is -0.299 e. The summed E-state index contributed by atoms with van der Waals surface area (Å²) in [7, 11) is 0. The summed E-state index contributed by atoms with van der Waals surface area (Å²) in [4.78, 5) is 11.2. The van der Waals surface area contributed by atoms with Crippen LogP contribution < -0.4 is 5.56 Å². The van der Waals surface area contributed by atoms with Gasteiger partial charge >= 0.3 is 0 Å². The average Bonchev–Trinajstić information content (AvgIpc) is 2.29. The number of hydrogen-bond donors (Lipinski definition) is 1. The summed E-state index contributed by atoms with van der Waals surface area (Å²) in [6.45, 7) is 8.90. The van der Waals surface area contributed by atoms with Crippen LogP contribution in [0.25, 0.3) is 0 Å². The van der Waals surface area contributed by atoms with E-state index >= 15 is 0 Å². The van der Waals surface area contributed by atoms with Gasteiger partial charge in [-0.3, -0.25) is 14.6 Å². The fourth-order valence-electron chi connectivity index (χ4n) is 1.05. The van der Waals surface area contributed by atoms with Gasteiger partial charge < -0.3 is 0 Å². The number of aryl methyl sites for hydroxylation is 1. The highest BCUT2D eigenvalue weighted by Gasteiger charge is 2.16. The molecule has 3 heteroatoms. The van der Waals surface area contributed by atoms with Crippen molar-refractivity contribution in [1.29, 1.82) is 0 Å². The van der Waals surface area contributed by atoms with Crippen molar-refractivity contribution >= 4 is 0 Å². The van der Waals surface area contributed by atoms with E-state index in [1.807, 2.05) is 6.92 Å². The van der Waals surface area contributed by atoms with Crippen molar-refractivity contribution in [2.45, 2.75) is 39.7 Å². The Morgan fingerprint density at radius 3 is 2.33 bits per heavy atom. The van der Waals surface area contributed by atoms with Crippen LogP contribution in [0.1, 0.15) is 33.4 Å². The summed E-state index contributed by atoms with van der Waals surface area (Å²) in [6.07, 6.45) is 0. The Bertz CT molecular complexity index is 314. The van der Waals surface area contributed by atoms with Crippen LogP contribution in [0.15, 0.2) is 10.9 Å². The number of hydrogen-bond acceptors (Lipinski definition) is 1. The van der Waals surface area contributed by atoms with Gasteiger partial charge in [0.1, 0.15) is 0 Å². The highest BCUT2D eigenvalue weighted by Crippen LogP contribution is 2.17. The molecule has 12 heavy (non-hydrogen) atoms. The summed E-state index contributed by atoms with van der Waals surface area (Å²) >= 11 is 0. The van der Waals surface area contributed by atoms with Crippen LogP contribution in [0.5, 0.6) is 0 Å². The van der Waals surface area contributed by atoms with Crippen molar-refractivity contribution < 1.29 is 0 Å². The molecule has 0 saturated carbocycles. The molecular formula is C9H16N2O. The molecule has 0 spiro atoms. The van der Waals surface area contributed by atoms with Crippen LogP contribution in [0, 0.1) is 0 Å². The Labute approximate surface area is 72.4 Å². The van der Waals surface area contributed by atoms with Gasteiger partial charge in [-0.1, -0.05) is 20.8 Å². The maximum absolute atomic E-state index is 11.2. The molecule has 1 rings (SSSR count). The third-order valence-electron chi connectivity index (χ3n) is 1.91. The Balaban J connectivity index is 3.14. The van der Waals surface area contributed by atoms with E-state index in [1.54, 1.807) is 10.7 Å². The Kier molecular flexibility index (Phi) is 2.13. The Morgan fingerprint density at radius 1 is 1.50 bits per heavy atom. The van der Waals surface area contributed by atoms with Crippen LogP contribution >= 0.6 is 0 Å². The van der Waals surface area contributed by atoms with E-state index in [0.29, 0.717) is 6.54 Å². The first-order chi connectivity index (χ1) is 5.45. The maximum atomic E-state index is 11.2. The summed E-state index contributed by atoms with van der Waals surface area (Å²) in [6, 6.07) is 1.67. The van der Waals surface area contributed by atoms with E-state index < -0.39 is 0 Å². The quantitative estimate of drug-likeness (QED) is 0.678. The SMILES string of the molecule is CCn1[nH]c(C(C)(C)C)cc1=O. The van der Waals surface area contributed by atoms with Gasteiger partial charge in [-0.05, 0) is 6.92 Å². The fourth-order valence-corrected chi connectivity index (χ4v) is 1.05. The fraction of sp³-hybridized carbons (Fsp3) is 0.667. The van der Waals surface area contributed by atoms with Crippen LogP contribution in [0.4, 0.5) is 0 Å². The number of aromatic amines is 1. The van der Waals surface area contributed by atoms with Gasteiger partial charge in [0, 0.05) is 23.7 Å². The molecule has 68 valence electrons. The van der Waals surface area contributed by atoms with Gasteiger partial charge in [0.2, 0.25) is 0 Å². The molecule has 0 aliphatic carbocycles. The molecular weight excluding hydrogens is 152 g/mol. The summed E-state index contributed by atoms with van der Waals surface area (Å²) in [5.74, 6) is 0. The monoisotopic (exact) mass is 168 g/mol. The molecule has 0 aliphatic heterocycles. The molecule has 1 heterocycles. The molecule has 0 aliphatic rings. The third-order valence-corrected chi connectivity index (χ3v) is 1.91. The Hall–Kier alpha value is -0.990. The summed E-state index contributed by atoms with van der Waals surface area (Å²) in [5, 5.41) is 3.08. The van der Waals surface area contributed by atoms with Crippen molar-refractivity contribution in [2.24, 2.45) is 0 Å². The lowest BCUT2D eigenvalue weighted by atomic mass is 9.93. The van der Waals surface area contributed by atoms with Crippen molar-refractivity contribution in [2.75, 3.05) is 0 Å². The molecule has 3 nitrogen and oxygen atoms in total. The minimum atomic E-state index is 0.0274. The molecule has 0 amide bonds. The first-order valence-corrected chi connectivity index (χ1v) is 4.25. The van der Waals surface area contributed by atoms with Crippen molar-refractivity contribution in [3.63, 3.8) is 0 Å². The zero-order valence-corrected chi connectivity index (χ0v) is 8.14. The predicted molar refractivity (Wildman–Crippen MR) is 49.4 cm³/mol. The van der Waals surface area contributed by atoms with Gasteiger partial charge in [0.15, 0.2) is 0 Å². The molecule has 0 fully saturated rings. The molecule has 1 aromatic rings. The normalized spacial score (nSPS) is 12.0. The first kappa shape index (κ1) is 9.10. The molecule has 0 bridgehead atoms. The molecule has 0 unspecified atom stereocenters. The van der Waals surface area contributed by atoms with E-state index in [-0.39, 0.29) is 11.0 Å².